The van der Waals surface area contributed by atoms with Crippen molar-refractivity contribution in [1.29, 1.82) is 0 Å². The van der Waals surface area contributed by atoms with Gasteiger partial charge in [-0.2, -0.15) is 0 Å². The summed E-state index contributed by atoms with van der Waals surface area (Å²) in [4.78, 5) is 24.4. The van der Waals surface area contributed by atoms with Crippen LogP contribution in [0.2, 0.25) is 5.02 Å². The van der Waals surface area contributed by atoms with Crippen molar-refractivity contribution in [2.75, 3.05) is 11.9 Å². The van der Waals surface area contributed by atoms with Gasteiger partial charge in [0.2, 0.25) is 0 Å². The minimum absolute atomic E-state index is 0.321. The number of ether oxygens (including phenoxy) is 1. The van der Waals surface area contributed by atoms with E-state index >= 15 is 0 Å². The third-order valence-corrected chi connectivity index (χ3v) is 7.04. The Morgan fingerprint density at radius 1 is 1.13 bits per heavy atom. The lowest BCUT2D eigenvalue weighted by Gasteiger charge is -2.11. The Hall–Kier alpha value is -2.61. The van der Waals surface area contributed by atoms with Crippen molar-refractivity contribution < 1.29 is 9.53 Å². The summed E-state index contributed by atoms with van der Waals surface area (Å²) < 4.78 is 5.23. The average Bonchev–Trinajstić information content (AvgIpc) is 3.11. The Kier molecular flexibility index (Phi) is 6.75. The number of halogens is 1. The van der Waals surface area contributed by atoms with Gasteiger partial charge < -0.3 is 10.1 Å². The van der Waals surface area contributed by atoms with Gasteiger partial charge in [-0.1, -0.05) is 41.9 Å². The molecule has 2 aromatic heterocycles. The molecule has 0 amide bonds. The predicted molar refractivity (Wildman–Crippen MR) is 129 cm³/mol. The van der Waals surface area contributed by atoms with Gasteiger partial charge in [0.25, 0.3) is 0 Å². The third kappa shape index (κ3) is 4.84. The summed E-state index contributed by atoms with van der Waals surface area (Å²) in [6, 6.07) is 17.6. The van der Waals surface area contributed by atoms with E-state index in [1.54, 1.807) is 18.7 Å². The monoisotopic (exact) mass is 469 g/mol. The topological polar surface area (TPSA) is 64.1 Å². The van der Waals surface area contributed by atoms with Gasteiger partial charge in [-0.05, 0) is 43.7 Å². The second kappa shape index (κ2) is 9.68. The molecule has 4 aromatic rings. The van der Waals surface area contributed by atoms with Crippen LogP contribution in [0, 0.1) is 6.92 Å². The maximum atomic E-state index is 12.4. The van der Waals surface area contributed by atoms with Crippen LogP contribution in [-0.4, -0.2) is 22.5 Å². The number of benzene rings is 2. The molecule has 2 heterocycles. The molecular formula is C23H20ClN3O2S2. The molecular weight excluding hydrogens is 450 g/mol. The maximum absolute atomic E-state index is 12.4. The molecule has 5 nitrogen and oxygen atoms in total. The molecule has 0 aliphatic heterocycles. The Morgan fingerprint density at radius 2 is 1.87 bits per heavy atom. The van der Waals surface area contributed by atoms with E-state index < -0.39 is 0 Å². The van der Waals surface area contributed by atoms with E-state index in [1.807, 2.05) is 49.4 Å². The van der Waals surface area contributed by atoms with Crippen LogP contribution in [0.5, 0.6) is 0 Å². The minimum atomic E-state index is -0.341. The van der Waals surface area contributed by atoms with Crippen molar-refractivity contribution in [2.24, 2.45) is 0 Å². The highest BCUT2D eigenvalue weighted by Crippen LogP contribution is 2.37. The Bertz CT molecular complexity index is 1230. The molecule has 0 fully saturated rings. The number of aryl methyl sites for hydroxylation is 1. The van der Waals surface area contributed by atoms with E-state index in [0.717, 1.165) is 26.4 Å². The summed E-state index contributed by atoms with van der Waals surface area (Å²) in [5.74, 6) is 1.56. The van der Waals surface area contributed by atoms with Gasteiger partial charge in [0, 0.05) is 4.90 Å². The molecule has 0 unspecified atom stereocenters. The number of nitrogens with one attached hydrogen (secondary N) is 1. The first-order chi connectivity index (χ1) is 15.1. The molecule has 31 heavy (non-hydrogen) atoms. The Morgan fingerprint density at radius 3 is 2.61 bits per heavy atom. The van der Waals surface area contributed by atoms with E-state index in [4.69, 9.17) is 26.3 Å². The number of hydrogen-bond donors (Lipinski definition) is 1. The summed E-state index contributed by atoms with van der Waals surface area (Å²) in [6.07, 6.45) is 0. The molecule has 8 heteroatoms. The van der Waals surface area contributed by atoms with Crippen molar-refractivity contribution in [2.45, 2.75) is 24.5 Å². The molecule has 1 N–H and O–H groups in total. The fourth-order valence-electron chi connectivity index (χ4n) is 3.08. The number of nitrogens with zero attached hydrogens (tertiary/aromatic N) is 2. The molecule has 0 saturated heterocycles. The van der Waals surface area contributed by atoms with Crippen molar-refractivity contribution in [3.8, 4) is 0 Å². The normalized spacial score (nSPS) is 10.9. The molecule has 0 saturated carbocycles. The zero-order chi connectivity index (χ0) is 21.8. The van der Waals surface area contributed by atoms with Gasteiger partial charge in [0.05, 0.1) is 28.5 Å². The van der Waals surface area contributed by atoms with Gasteiger partial charge >= 0.3 is 5.97 Å². The first-order valence-corrected chi connectivity index (χ1v) is 11.9. The van der Waals surface area contributed by atoms with Crippen molar-refractivity contribution in [1.82, 2.24) is 9.97 Å². The van der Waals surface area contributed by atoms with Crippen LogP contribution in [-0.2, 0) is 10.5 Å². The summed E-state index contributed by atoms with van der Waals surface area (Å²) in [5, 5.41) is 4.74. The zero-order valence-corrected chi connectivity index (χ0v) is 19.4. The Labute approximate surface area is 193 Å². The van der Waals surface area contributed by atoms with E-state index in [-0.39, 0.29) is 5.97 Å². The number of hydrogen-bond acceptors (Lipinski definition) is 7. The van der Waals surface area contributed by atoms with Gasteiger partial charge in [0.15, 0.2) is 0 Å². The third-order valence-electron chi connectivity index (χ3n) is 4.54. The van der Waals surface area contributed by atoms with Crippen LogP contribution in [0.25, 0.3) is 10.2 Å². The van der Waals surface area contributed by atoms with Gasteiger partial charge in [-0.15, -0.1) is 23.1 Å². The molecule has 4 rings (SSSR count). The lowest BCUT2D eigenvalue weighted by Crippen LogP contribution is -2.04. The SMILES string of the molecule is CCOC(=O)c1sc2nc(CSc3ccccc3)nc(Nc3ccccc3Cl)c2c1C. The first kappa shape index (κ1) is 21.6. The van der Waals surface area contributed by atoms with Crippen molar-refractivity contribution in [3.05, 3.63) is 75.9 Å². The zero-order valence-electron chi connectivity index (χ0n) is 17.0. The average molecular weight is 470 g/mol. The number of esters is 1. The first-order valence-electron chi connectivity index (χ1n) is 9.73. The number of fused-ring (bicyclic) bond motifs is 1. The highest BCUT2D eigenvalue weighted by molar-refractivity contribution is 7.98. The fraction of sp³-hybridized carbons (Fsp3) is 0.174. The van der Waals surface area contributed by atoms with Crippen LogP contribution in [0.1, 0.15) is 28.0 Å². The highest BCUT2D eigenvalue weighted by Gasteiger charge is 2.22. The van der Waals surface area contributed by atoms with E-state index in [9.17, 15) is 4.79 Å². The number of carbonyl (C=O) groups is 1. The predicted octanol–water partition coefficient (Wildman–Crippen LogP) is 6.87. The lowest BCUT2D eigenvalue weighted by molar-refractivity contribution is 0.0531. The van der Waals surface area contributed by atoms with Gasteiger partial charge in [0.1, 0.15) is 21.3 Å². The van der Waals surface area contributed by atoms with Crippen LogP contribution in [0.15, 0.2) is 59.5 Å². The van der Waals surface area contributed by atoms with Gasteiger partial charge in [-0.3, -0.25) is 0 Å². The molecule has 0 bridgehead atoms. The molecule has 0 radical (unpaired) electrons. The van der Waals surface area contributed by atoms with E-state index in [2.05, 4.69) is 17.4 Å². The molecule has 0 atom stereocenters. The number of para-hydroxylation sites is 1. The molecule has 2 aromatic carbocycles. The van der Waals surface area contributed by atoms with Gasteiger partial charge in [-0.25, -0.2) is 14.8 Å². The number of thiophene rings is 1. The van der Waals surface area contributed by atoms with Crippen molar-refractivity contribution in [3.63, 3.8) is 0 Å². The number of aromatic nitrogens is 2. The molecule has 158 valence electrons. The standard InChI is InChI=1S/C23H20ClN3O2S2/c1-3-29-23(28)20-14(2)19-21(25-17-12-8-7-11-16(17)24)26-18(27-22(19)31-20)13-30-15-9-5-4-6-10-15/h4-12H,3,13H2,1-2H3,(H,25,26,27). The van der Waals surface area contributed by atoms with E-state index in [0.29, 0.717) is 33.9 Å². The summed E-state index contributed by atoms with van der Waals surface area (Å²) in [7, 11) is 0. The van der Waals surface area contributed by atoms with Crippen LogP contribution >= 0.6 is 34.7 Å². The maximum Gasteiger partial charge on any atom is 0.348 e. The quantitative estimate of drug-likeness (QED) is 0.235. The molecule has 0 aliphatic carbocycles. The summed E-state index contributed by atoms with van der Waals surface area (Å²) >= 11 is 9.35. The smallest absolute Gasteiger partial charge is 0.348 e. The summed E-state index contributed by atoms with van der Waals surface area (Å²) in [5.41, 5.74) is 1.55. The minimum Gasteiger partial charge on any atom is -0.462 e. The highest BCUT2D eigenvalue weighted by atomic mass is 35.5. The lowest BCUT2D eigenvalue weighted by atomic mass is 10.2. The Balaban J connectivity index is 1.77. The number of thioether (sulfide) groups is 1. The largest absolute Gasteiger partial charge is 0.462 e. The van der Waals surface area contributed by atoms with Crippen LogP contribution < -0.4 is 5.32 Å². The second-order valence-electron chi connectivity index (χ2n) is 6.65. The van der Waals surface area contributed by atoms with E-state index in [1.165, 1.54) is 11.3 Å². The number of carbonyl (C=O) groups excluding carboxylic acids is 1. The second-order valence-corrected chi connectivity index (χ2v) is 9.11. The van der Waals surface area contributed by atoms with Crippen LogP contribution in [0.3, 0.4) is 0 Å². The number of anilines is 2. The molecule has 0 aliphatic rings. The summed E-state index contributed by atoms with van der Waals surface area (Å²) in [6.45, 7) is 4.01. The van der Waals surface area contributed by atoms with Crippen LogP contribution in [0.4, 0.5) is 11.5 Å². The molecule has 0 spiro atoms. The fourth-order valence-corrected chi connectivity index (χ4v) is 5.14. The number of rotatable bonds is 7. The van der Waals surface area contributed by atoms with Crippen molar-refractivity contribution >= 4 is 62.4 Å².